The molecule has 7 nitrogen and oxygen atoms in total. The molecule has 1 aromatic rings. The summed E-state index contributed by atoms with van der Waals surface area (Å²) in [4.78, 5) is 22.3. The molecule has 144 valence electrons. The number of piperidine rings is 1. The summed E-state index contributed by atoms with van der Waals surface area (Å²) in [6.07, 6.45) is 4.84. The van der Waals surface area contributed by atoms with Crippen molar-refractivity contribution >= 4 is 11.8 Å². The van der Waals surface area contributed by atoms with Gasteiger partial charge in [0.05, 0.1) is 30.7 Å². The molecule has 7 heteroatoms. The van der Waals surface area contributed by atoms with Crippen molar-refractivity contribution in [3.8, 4) is 0 Å². The van der Waals surface area contributed by atoms with Gasteiger partial charge in [-0.3, -0.25) is 15.3 Å². The van der Waals surface area contributed by atoms with Gasteiger partial charge in [0.1, 0.15) is 0 Å². The predicted octanol–water partition coefficient (Wildman–Crippen LogP) is 3.15. The number of ether oxygens (including phenoxy) is 1. The topological polar surface area (TPSA) is 83.9 Å². The minimum atomic E-state index is -0.842. The van der Waals surface area contributed by atoms with Crippen LogP contribution in [-0.2, 0) is 9.57 Å². The Balaban J connectivity index is 1.69. The number of nitrogens with one attached hydrogen (secondary N) is 1. The minimum absolute atomic E-state index is 0.0831. The van der Waals surface area contributed by atoms with Crippen LogP contribution >= 0.6 is 0 Å². The van der Waals surface area contributed by atoms with Crippen LogP contribution in [0.1, 0.15) is 38.3 Å². The van der Waals surface area contributed by atoms with Gasteiger partial charge in [-0.05, 0) is 25.0 Å². The second kappa shape index (κ2) is 10.8. The predicted molar refractivity (Wildman–Crippen MR) is 99.3 cm³/mol. The molecule has 0 spiro atoms. The molecule has 1 saturated heterocycles. The molecule has 0 bridgehead atoms. The minimum Gasteiger partial charge on any atom is -0.465 e. The zero-order valence-electron chi connectivity index (χ0n) is 15.4. The fraction of sp³-hybridized carbons (Fsp3) is 0.579. The van der Waals surface area contributed by atoms with Crippen molar-refractivity contribution in [2.45, 2.75) is 38.7 Å². The van der Waals surface area contributed by atoms with Gasteiger partial charge in [0, 0.05) is 25.2 Å². The van der Waals surface area contributed by atoms with Crippen molar-refractivity contribution in [1.29, 1.82) is 0 Å². The van der Waals surface area contributed by atoms with E-state index >= 15 is 0 Å². The molecule has 1 aliphatic heterocycles. The molecule has 26 heavy (non-hydrogen) atoms. The number of hydrogen-bond acceptors (Lipinski definition) is 5. The summed E-state index contributed by atoms with van der Waals surface area (Å²) in [6, 6.07) is 5.58. The average Bonchev–Trinajstić information content (AvgIpc) is 2.67. The number of nitrogens with zero attached hydrogens (tertiary/aromatic N) is 2. The molecule has 0 aromatic carbocycles. The molecule has 1 fully saturated rings. The summed E-state index contributed by atoms with van der Waals surface area (Å²) < 4.78 is 5.98. The number of pyridine rings is 1. The first-order chi connectivity index (χ1) is 12.6. The Bertz CT molecular complexity index is 567. The second-order valence-corrected chi connectivity index (χ2v) is 6.47. The third kappa shape index (κ3) is 6.31. The molecule has 1 aliphatic rings. The number of carboxylic acid groups (broad SMARTS) is 1. The zero-order chi connectivity index (χ0) is 18.8. The highest BCUT2D eigenvalue weighted by molar-refractivity contribution is 5.65. The van der Waals surface area contributed by atoms with Crippen LogP contribution in [0.5, 0.6) is 0 Å². The van der Waals surface area contributed by atoms with E-state index in [0.717, 1.165) is 31.4 Å². The second-order valence-electron chi connectivity index (χ2n) is 6.47. The van der Waals surface area contributed by atoms with Crippen molar-refractivity contribution in [3.05, 3.63) is 36.7 Å². The highest BCUT2D eigenvalue weighted by Crippen LogP contribution is 2.25. The normalized spacial score (nSPS) is 20.0. The summed E-state index contributed by atoms with van der Waals surface area (Å²) in [7, 11) is 0. The monoisotopic (exact) mass is 363 g/mol. The smallest absolute Gasteiger partial charge is 0.407 e. The lowest BCUT2D eigenvalue weighted by molar-refractivity contribution is -0.0603. The quantitative estimate of drug-likeness (QED) is 0.491. The Kier molecular flexibility index (Phi) is 8.37. The average molecular weight is 363 g/mol. The SMILES string of the molecule is C=C(NOCCOC1CCN(C(=O)O)CC1CCCC)c1ccccn1. The van der Waals surface area contributed by atoms with Gasteiger partial charge in [-0.1, -0.05) is 32.4 Å². The summed E-state index contributed by atoms with van der Waals surface area (Å²) in [5.74, 6) is 0.247. The third-order valence-corrected chi connectivity index (χ3v) is 4.55. The molecule has 2 unspecified atom stereocenters. The van der Waals surface area contributed by atoms with Crippen molar-refractivity contribution in [2.24, 2.45) is 5.92 Å². The molecule has 0 saturated carbocycles. The van der Waals surface area contributed by atoms with E-state index < -0.39 is 6.09 Å². The first kappa shape index (κ1) is 20.2. The van der Waals surface area contributed by atoms with Crippen molar-refractivity contribution in [1.82, 2.24) is 15.4 Å². The van der Waals surface area contributed by atoms with E-state index in [-0.39, 0.29) is 12.0 Å². The van der Waals surface area contributed by atoms with Crippen LogP contribution in [-0.4, -0.2) is 53.5 Å². The standard InChI is InChI=1S/C19H29N3O4/c1-3-4-7-16-14-22(19(23)24)11-9-18(16)25-12-13-26-21-15(2)17-8-5-6-10-20-17/h5-6,8,10,16,18,21H,2-4,7,9,11-14H2,1H3,(H,23,24). The molecule has 0 aliphatic carbocycles. The largest absolute Gasteiger partial charge is 0.465 e. The summed E-state index contributed by atoms with van der Waals surface area (Å²) >= 11 is 0. The maximum Gasteiger partial charge on any atom is 0.407 e. The Hall–Kier alpha value is -2.12. The van der Waals surface area contributed by atoms with E-state index in [0.29, 0.717) is 32.0 Å². The number of amides is 1. The van der Waals surface area contributed by atoms with Gasteiger partial charge in [-0.2, -0.15) is 0 Å². The lowest BCUT2D eigenvalue weighted by Crippen LogP contribution is -2.46. The van der Waals surface area contributed by atoms with Crippen molar-refractivity contribution in [3.63, 3.8) is 0 Å². The molecular weight excluding hydrogens is 334 g/mol. The fourth-order valence-electron chi connectivity index (χ4n) is 3.12. The number of rotatable bonds is 10. The van der Waals surface area contributed by atoms with Crippen LogP contribution in [0.25, 0.3) is 5.70 Å². The fourth-order valence-corrected chi connectivity index (χ4v) is 3.12. The highest BCUT2D eigenvalue weighted by atomic mass is 16.7. The van der Waals surface area contributed by atoms with Crippen LogP contribution < -0.4 is 5.48 Å². The number of aromatic nitrogens is 1. The Morgan fingerprint density at radius 1 is 1.46 bits per heavy atom. The first-order valence-electron chi connectivity index (χ1n) is 9.19. The van der Waals surface area contributed by atoms with Gasteiger partial charge in [0.2, 0.25) is 0 Å². The van der Waals surface area contributed by atoms with Gasteiger partial charge < -0.3 is 14.7 Å². The lowest BCUT2D eigenvalue weighted by atomic mass is 9.90. The van der Waals surface area contributed by atoms with E-state index in [4.69, 9.17) is 9.57 Å². The van der Waals surface area contributed by atoms with Gasteiger partial charge >= 0.3 is 6.09 Å². The summed E-state index contributed by atoms with van der Waals surface area (Å²) in [5.41, 5.74) is 4.11. The third-order valence-electron chi connectivity index (χ3n) is 4.55. The molecule has 1 amide bonds. The zero-order valence-corrected chi connectivity index (χ0v) is 15.4. The Morgan fingerprint density at radius 3 is 3.00 bits per heavy atom. The number of hydroxylamine groups is 1. The molecule has 2 N–H and O–H groups in total. The van der Waals surface area contributed by atoms with Gasteiger partial charge in [-0.15, -0.1) is 0 Å². The number of unbranched alkanes of at least 4 members (excludes halogenated alkanes) is 1. The lowest BCUT2D eigenvalue weighted by Gasteiger charge is -2.37. The van der Waals surface area contributed by atoms with Crippen molar-refractivity contribution < 1.29 is 19.5 Å². The van der Waals surface area contributed by atoms with Crippen LogP contribution in [0.4, 0.5) is 4.79 Å². The molecule has 1 aromatic heterocycles. The van der Waals surface area contributed by atoms with E-state index in [9.17, 15) is 9.90 Å². The van der Waals surface area contributed by atoms with Crippen molar-refractivity contribution in [2.75, 3.05) is 26.3 Å². The number of likely N-dealkylation sites (tertiary alicyclic amines) is 1. The van der Waals surface area contributed by atoms with E-state index in [1.165, 1.54) is 4.90 Å². The van der Waals surface area contributed by atoms with Crippen LogP contribution in [0.3, 0.4) is 0 Å². The molecule has 2 rings (SSSR count). The van der Waals surface area contributed by atoms with E-state index in [1.807, 2.05) is 18.2 Å². The Labute approximate surface area is 155 Å². The van der Waals surface area contributed by atoms with E-state index in [2.05, 4.69) is 24.0 Å². The molecular formula is C19H29N3O4. The molecule has 0 radical (unpaired) electrons. The number of hydrogen-bond donors (Lipinski definition) is 2. The van der Waals surface area contributed by atoms with E-state index in [1.54, 1.807) is 6.20 Å². The first-order valence-corrected chi connectivity index (χ1v) is 9.19. The van der Waals surface area contributed by atoms with Gasteiger partial charge in [0.15, 0.2) is 0 Å². The van der Waals surface area contributed by atoms with Crippen LogP contribution in [0.2, 0.25) is 0 Å². The Morgan fingerprint density at radius 2 is 2.31 bits per heavy atom. The summed E-state index contributed by atoms with van der Waals surface area (Å²) in [5, 5.41) is 9.20. The maximum absolute atomic E-state index is 11.2. The van der Waals surface area contributed by atoms with Crippen LogP contribution in [0, 0.1) is 5.92 Å². The maximum atomic E-state index is 11.2. The number of carbonyl (C=O) groups is 1. The van der Waals surface area contributed by atoms with Crippen LogP contribution in [0.15, 0.2) is 31.0 Å². The summed E-state index contributed by atoms with van der Waals surface area (Å²) in [6.45, 7) is 7.93. The molecule has 2 heterocycles. The molecule has 2 atom stereocenters. The van der Waals surface area contributed by atoms with Gasteiger partial charge in [-0.25, -0.2) is 4.79 Å². The van der Waals surface area contributed by atoms with Gasteiger partial charge in [0.25, 0.3) is 0 Å². The highest BCUT2D eigenvalue weighted by Gasteiger charge is 2.31.